The Hall–Kier alpha value is -2.95. The van der Waals surface area contributed by atoms with Gasteiger partial charge in [-0.15, -0.1) is 0 Å². The van der Waals surface area contributed by atoms with Crippen LogP contribution >= 0.6 is 28.1 Å². The van der Waals surface area contributed by atoms with Crippen molar-refractivity contribution in [2.45, 2.75) is 18.7 Å². The van der Waals surface area contributed by atoms with Crippen LogP contribution in [0.15, 0.2) is 70.0 Å². The molecule has 0 aliphatic rings. The van der Waals surface area contributed by atoms with Crippen molar-refractivity contribution in [3.05, 3.63) is 81.8 Å². The number of hydrogen-bond donors (Lipinski definition) is 4. The maximum Gasteiger partial charge on any atom is 0.261 e. The van der Waals surface area contributed by atoms with Gasteiger partial charge in [0, 0.05) is 10.2 Å². The van der Waals surface area contributed by atoms with E-state index in [1.165, 1.54) is 36.4 Å². The summed E-state index contributed by atoms with van der Waals surface area (Å²) in [4.78, 5) is 12.4. The van der Waals surface area contributed by atoms with Crippen molar-refractivity contribution in [3.63, 3.8) is 0 Å². The van der Waals surface area contributed by atoms with Crippen molar-refractivity contribution < 1.29 is 18.3 Å². The molecule has 0 aliphatic heterocycles. The molecule has 0 bridgehead atoms. The van der Waals surface area contributed by atoms with Gasteiger partial charge in [0.2, 0.25) is 0 Å². The molecule has 0 heterocycles. The zero-order valence-electron chi connectivity index (χ0n) is 17.1. The summed E-state index contributed by atoms with van der Waals surface area (Å²) >= 11 is 8.39. The third kappa shape index (κ3) is 5.64. The highest BCUT2D eigenvalue weighted by Gasteiger charge is 2.17. The molecule has 3 aromatic carbocycles. The number of carbonyl (C=O) groups is 1. The average Bonchev–Trinajstić information content (AvgIpc) is 2.73. The second kappa shape index (κ2) is 9.68. The molecule has 0 fully saturated rings. The Morgan fingerprint density at radius 3 is 2.25 bits per heavy atom. The first-order valence-corrected chi connectivity index (χ1v) is 12.1. The van der Waals surface area contributed by atoms with E-state index in [2.05, 4.69) is 31.3 Å². The fraction of sp³-hybridized carbons (Fsp3) is 0.0909. The number of benzene rings is 3. The Kier molecular flexibility index (Phi) is 7.17. The van der Waals surface area contributed by atoms with Gasteiger partial charge in [-0.3, -0.25) is 14.8 Å². The van der Waals surface area contributed by atoms with Crippen LogP contribution in [0.5, 0.6) is 5.75 Å². The number of phenolic OH excluding ortho intramolecular Hbond substituents is 1. The van der Waals surface area contributed by atoms with E-state index in [0.717, 1.165) is 11.1 Å². The number of phenols is 1. The molecule has 0 saturated carbocycles. The summed E-state index contributed by atoms with van der Waals surface area (Å²) in [7, 11) is -3.78. The van der Waals surface area contributed by atoms with Crippen molar-refractivity contribution in [3.8, 4) is 5.75 Å². The molecule has 0 unspecified atom stereocenters. The predicted octanol–water partition coefficient (Wildman–Crippen LogP) is 4.70. The lowest BCUT2D eigenvalue weighted by Crippen LogP contribution is -2.34. The zero-order chi connectivity index (χ0) is 23.5. The number of aryl methyl sites for hydroxylation is 2. The third-order valence-corrected chi connectivity index (χ3v) is 6.63. The van der Waals surface area contributed by atoms with E-state index in [-0.39, 0.29) is 21.3 Å². The van der Waals surface area contributed by atoms with Crippen LogP contribution in [-0.4, -0.2) is 24.5 Å². The van der Waals surface area contributed by atoms with Crippen LogP contribution in [0, 0.1) is 13.8 Å². The van der Waals surface area contributed by atoms with Crippen LogP contribution < -0.4 is 15.4 Å². The predicted molar refractivity (Wildman–Crippen MR) is 133 cm³/mol. The van der Waals surface area contributed by atoms with Crippen molar-refractivity contribution in [2.75, 3.05) is 10.0 Å². The van der Waals surface area contributed by atoms with Gasteiger partial charge >= 0.3 is 0 Å². The summed E-state index contributed by atoms with van der Waals surface area (Å²) in [6, 6.07) is 15.9. The normalized spacial score (nSPS) is 11.0. The quantitative estimate of drug-likeness (QED) is 0.354. The summed E-state index contributed by atoms with van der Waals surface area (Å²) in [5, 5.41) is 15.1. The number of amides is 1. The highest BCUT2D eigenvalue weighted by Crippen LogP contribution is 2.24. The number of rotatable bonds is 5. The Morgan fingerprint density at radius 1 is 1.00 bits per heavy atom. The number of para-hydroxylation sites is 1. The van der Waals surface area contributed by atoms with Crippen LogP contribution in [-0.2, 0) is 10.0 Å². The maximum absolute atomic E-state index is 12.8. The minimum absolute atomic E-state index is 0.00126. The number of carbonyl (C=O) groups excluding carboxylic acids is 1. The molecule has 7 nitrogen and oxygen atoms in total. The molecule has 0 aromatic heterocycles. The second-order valence-corrected chi connectivity index (χ2v) is 9.97. The molecule has 4 N–H and O–H groups in total. The van der Waals surface area contributed by atoms with Crippen molar-refractivity contribution in [2.24, 2.45) is 0 Å². The average molecular weight is 534 g/mol. The highest BCUT2D eigenvalue weighted by molar-refractivity contribution is 9.10. The molecule has 166 valence electrons. The Labute approximate surface area is 200 Å². The van der Waals surface area contributed by atoms with E-state index in [4.69, 9.17) is 12.2 Å². The molecule has 32 heavy (non-hydrogen) atoms. The fourth-order valence-electron chi connectivity index (χ4n) is 2.91. The summed E-state index contributed by atoms with van der Waals surface area (Å²) in [5.41, 5.74) is 2.74. The molecule has 0 spiro atoms. The van der Waals surface area contributed by atoms with E-state index < -0.39 is 15.9 Å². The van der Waals surface area contributed by atoms with Crippen molar-refractivity contribution >= 4 is 60.6 Å². The number of sulfonamides is 1. The van der Waals surface area contributed by atoms with Gasteiger partial charge in [-0.25, -0.2) is 8.42 Å². The lowest BCUT2D eigenvalue weighted by molar-refractivity contribution is 0.0975. The molecule has 0 radical (unpaired) electrons. The number of halogens is 1. The molecule has 3 aromatic rings. The minimum Gasteiger partial charge on any atom is -0.507 e. The maximum atomic E-state index is 12.8. The van der Waals surface area contributed by atoms with E-state index in [0.29, 0.717) is 15.8 Å². The van der Waals surface area contributed by atoms with Crippen LogP contribution in [0.4, 0.5) is 11.4 Å². The monoisotopic (exact) mass is 533 g/mol. The standard InChI is InChI=1S/C22H20BrN3O4S2/c1-13-4-3-5-14(2)20(13)26-32(29,30)17-9-7-16(8-10-17)24-22(31)25-21(28)18-12-15(23)6-11-19(18)27/h3-12,26-27H,1-2H3,(H2,24,25,28,31). The molecule has 0 atom stereocenters. The van der Waals surface area contributed by atoms with E-state index in [1.807, 2.05) is 32.0 Å². The van der Waals surface area contributed by atoms with Crippen LogP contribution in [0.25, 0.3) is 0 Å². The topological polar surface area (TPSA) is 108 Å². The number of nitrogens with one attached hydrogen (secondary N) is 3. The van der Waals surface area contributed by atoms with Gasteiger partial charge < -0.3 is 10.4 Å². The summed E-state index contributed by atoms with van der Waals surface area (Å²) < 4.78 is 28.8. The SMILES string of the molecule is Cc1cccc(C)c1NS(=O)(=O)c1ccc(NC(=S)NC(=O)c2cc(Br)ccc2O)cc1. The first kappa shape index (κ1) is 23.7. The van der Waals surface area contributed by atoms with E-state index >= 15 is 0 Å². The fourth-order valence-corrected chi connectivity index (χ4v) is 4.68. The third-order valence-electron chi connectivity index (χ3n) is 4.57. The number of aromatic hydroxyl groups is 1. The molecule has 10 heteroatoms. The summed E-state index contributed by atoms with van der Waals surface area (Å²) in [6.45, 7) is 3.67. The van der Waals surface area contributed by atoms with E-state index in [9.17, 15) is 18.3 Å². The Bertz CT molecular complexity index is 1270. The lowest BCUT2D eigenvalue weighted by Gasteiger charge is -2.14. The van der Waals surface area contributed by atoms with Gasteiger partial charge in [0.1, 0.15) is 5.75 Å². The number of anilines is 2. The Balaban J connectivity index is 1.68. The largest absolute Gasteiger partial charge is 0.507 e. The molecule has 0 aliphatic carbocycles. The number of hydrogen-bond acceptors (Lipinski definition) is 5. The summed E-state index contributed by atoms with van der Waals surface area (Å²) in [6.07, 6.45) is 0. The van der Waals surface area contributed by atoms with Crippen LogP contribution in [0.2, 0.25) is 0 Å². The second-order valence-electron chi connectivity index (χ2n) is 6.97. The van der Waals surface area contributed by atoms with Crippen molar-refractivity contribution in [1.29, 1.82) is 0 Å². The van der Waals surface area contributed by atoms with Gasteiger partial charge in [0.25, 0.3) is 15.9 Å². The highest BCUT2D eigenvalue weighted by atomic mass is 79.9. The number of thiocarbonyl (C=S) groups is 1. The van der Waals surface area contributed by atoms with Crippen LogP contribution in [0.3, 0.4) is 0 Å². The van der Waals surface area contributed by atoms with Crippen molar-refractivity contribution in [1.82, 2.24) is 5.32 Å². The molecule has 0 saturated heterocycles. The molecular formula is C22H20BrN3O4S2. The Morgan fingerprint density at radius 2 is 1.62 bits per heavy atom. The first-order valence-electron chi connectivity index (χ1n) is 9.37. The minimum atomic E-state index is -3.78. The summed E-state index contributed by atoms with van der Waals surface area (Å²) in [5.74, 6) is -0.766. The van der Waals surface area contributed by atoms with Crippen LogP contribution in [0.1, 0.15) is 21.5 Å². The van der Waals surface area contributed by atoms with Gasteiger partial charge in [-0.2, -0.15) is 0 Å². The molecular weight excluding hydrogens is 514 g/mol. The van der Waals surface area contributed by atoms with Gasteiger partial charge in [-0.1, -0.05) is 34.1 Å². The zero-order valence-corrected chi connectivity index (χ0v) is 20.4. The molecule has 3 rings (SSSR count). The smallest absolute Gasteiger partial charge is 0.261 e. The molecule has 1 amide bonds. The first-order chi connectivity index (χ1) is 15.1. The lowest BCUT2D eigenvalue weighted by atomic mass is 10.1. The van der Waals surface area contributed by atoms with E-state index in [1.54, 1.807) is 6.07 Å². The van der Waals surface area contributed by atoms with Gasteiger partial charge in [0.05, 0.1) is 16.1 Å². The van der Waals surface area contributed by atoms with Gasteiger partial charge in [0.15, 0.2) is 5.11 Å². The van der Waals surface area contributed by atoms with Gasteiger partial charge in [-0.05, 0) is 79.7 Å².